The van der Waals surface area contributed by atoms with Gasteiger partial charge in [-0.3, -0.25) is 4.79 Å². The van der Waals surface area contributed by atoms with Crippen LogP contribution in [0.5, 0.6) is 0 Å². The Morgan fingerprint density at radius 1 is 1.43 bits per heavy atom. The van der Waals surface area contributed by atoms with Gasteiger partial charge in [-0.2, -0.15) is 0 Å². The van der Waals surface area contributed by atoms with Gasteiger partial charge in [0.05, 0.1) is 6.10 Å². The SMILES string of the molecule is CCN(CC1CCCO1)C(=O)C(C)(N)c1ccccc1.Cl. The highest BCUT2D eigenvalue weighted by Crippen LogP contribution is 2.22. The zero-order chi connectivity index (χ0) is 14.6. The van der Waals surface area contributed by atoms with Gasteiger partial charge >= 0.3 is 0 Å². The van der Waals surface area contributed by atoms with E-state index >= 15 is 0 Å². The second-order valence-corrected chi connectivity index (χ2v) is 5.55. The minimum atomic E-state index is -0.990. The van der Waals surface area contributed by atoms with E-state index in [1.54, 1.807) is 6.92 Å². The fourth-order valence-electron chi connectivity index (χ4n) is 2.63. The number of hydrogen-bond acceptors (Lipinski definition) is 3. The summed E-state index contributed by atoms with van der Waals surface area (Å²) in [5.41, 5.74) is 6.15. The van der Waals surface area contributed by atoms with E-state index in [1.165, 1.54) is 0 Å². The number of rotatable bonds is 5. The van der Waals surface area contributed by atoms with E-state index < -0.39 is 5.54 Å². The zero-order valence-electron chi connectivity index (χ0n) is 12.7. The molecule has 0 spiro atoms. The standard InChI is InChI=1S/C16H24N2O2.ClH/c1-3-18(12-14-10-7-11-20-14)15(19)16(2,17)13-8-5-4-6-9-13;/h4-6,8-9,14H,3,7,10-12,17H2,1-2H3;1H. The van der Waals surface area contributed by atoms with E-state index in [9.17, 15) is 4.79 Å². The van der Waals surface area contributed by atoms with Gasteiger partial charge in [-0.1, -0.05) is 30.3 Å². The molecule has 2 rings (SSSR count). The van der Waals surface area contributed by atoms with Crippen molar-refractivity contribution >= 4 is 18.3 Å². The van der Waals surface area contributed by atoms with Crippen LogP contribution in [0.2, 0.25) is 0 Å². The van der Waals surface area contributed by atoms with E-state index in [2.05, 4.69) is 0 Å². The second kappa shape index (κ2) is 7.78. The van der Waals surface area contributed by atoms with Crippen molar-refractivity contribution in [3.05, 3.63) is 35.9 Å². The third kappa shape index (κ3) is 4.19. The summed E-state index contributed by atoms with van der Waals surface area (Å²) in [6.45, 7) is 5.85. The predicted molar refractivity (Wildman–Crippen MR) is 86.5 cm³/mol. The first-order chi connectivity index (χ1) is 9.55. The molecule has 2 N–H and O–H groups in total. The molecule has 1 saturated heterocycles. The van der Waals surface area contributed by atoms with Crippen molar-refractivity contribution in [1.29, 1.82) is 0 Å². The number of nitrogens with two attached hydrogens (primary N) is 1. The number of likely N-dealkylation sites (N-methyl/N-ethyl adjacent to an activating group) is 1. The summed E-state index contributed by atoms with van der Waals surface area (Å²) in [6.07, 6.45) is 2.26. The normalized spacial score (nSPS) is 20.4. The molecule has 0 radical (unpaired) electrons. The average Bonchev–Trinajstić information content (AvgIpc) is 2.98. The molecule has 1 aliphatic rings. The van der Waals surface area contributed by atoms with E-state index in [-0.39, 0.29) is 24.4 Å². The minimum Gasteiger partial charge on any atom is -0.376 e. The Balaban J connectivity index is 0.00000220. The summed E-state index contributed by atoms with van der Waals surface area (Å²) in [6, 6.07) is 9.54. The van der Waals surface area contributed by atoms with Crippen molar-refractivity contribution < 1.29 is 9.53 Å². The van der Waals surface area contributed by atoms with Gasteiger partial charge in [0, 0.05) is 19.7 Å². The number of benzene rings is 1. The van der Waals surface area contributed by atoms with Crippen LogP contribution in [0, 0.1) is 0 Å². The van der Waals surface area contributed by atoms with Crippen LogP contribution in [-0.2, 0) is 15.1 Å². The van der Waals surface area contributed by atoms with Gasteiger partial charge in [-0.15, -0.1) is 12.4 Å². The Hall–Kier alpha value is -1.10. The molecule has 21 heavy (non-hydrogen) atoms. The minimum absolute atomic E-state index is 0. The van der Waals surface area contributed by atoms with Crippen LogP contribution in [-0.4, -0.2) is 36.6 Å². The third-order valence-corrected chi connectivity index (χ3v) is 3.93. The molecule has 5 heteroatoms. The molecule has 0 aromatic heterocycles. The number of hydrogen-bond donors (Lipinski definition) is 1. The Labute approximate surface area is 133 Å². The van der Waals surface area contributed by atoms with E-state index in [0.717, 1.165) is 25.0 Å². The van der Waals surface area contributed by atoms with Crippen molar-refractivity contribution in [1.82, 2.24) is 4.90 Å². The molecule has 2 unspecified atom stereocenters. The number of ether oxygens (including phenoxy) is 1. The molecule has 2 atom stereocenters. The molecular formula is C16H25ClN2O2. The number of carbonyl (C=O) groups is 1. The van der Waals surface area contributed by atoms with E-state index in [1.807, 2.05) is 42.2 Å². The maximum Gasteiger partial charge on any atom is 0.247 e. The van der Waals surface area contributed by atoms with Gasteiger partial charge in [0.15, 0.2) is 0 Å². The molecule has 1 aliphatic heterocycles. The lowest BCUT2D eigenvalue weighted by molar-refractivity contribution is -0.138. The lowest BCUT2D eigenvalue weighted by Gasteiger charge is -2.32. The molecule has 0 saturated carbocycles. The fraction of sp³-hybridized carbons (Fsp3) is 0.562. The van der Waals surface area contributed by atoms with Crippen molar-refractivity contribution in [2.75, 3.05) is 19.7 Å². The monoisotopic (exact) mass is 312 g/mol. The van der Waals surface area contributed by atoms with Gasteiger partial charge < -0.3 is 15.4 Å². The largest absolute Gasteiger partial charge is 0.376 e. The van der Waals surface area contributed by atoms with Crippen LogP contribution in [0.15, 0.2) is 30.3 Å². The molecule has 1 heterocycles. The smallest absolute Gasteiger partial charge is 0.247 e. The Bertz CT molecular complexity index is 445. The molecule has 0 bridgehead atoms. The Kier molecular flexibility index (Phi) is 6.65. The van der Waals surface area contributed by atoms with Crippen LogP contribution in [0.1, 0.15) is 32.3 Å². The third-order valence-electron chi connectivity index (χ3n) is 3.93. The average molecular weight is 313 g/mol. The van der Waals surface area contributed by atoms with Crippen LogP contribution in [0.4, 0.5) is 0 Å². The summed E-state index contributed by atoms with van der Waals surface area (Å²) in [5, 5.41) is 0. The molecule has 1 fully saturated rings. The summed E-state index contributed by atoms with van der Waals surface area (Å²) >= 11 is 0. The van der Waals surface area contributed by atoms with Crippen LogP contribution in [0.25, 0.3) is 0 Å². The highest BCUT2D eigenvalue weighted by atomic mass is 35.5. The molecule has 1 aromatic rings. The first-order valence-electron chi connectivity index (χ1n) is 7.31. The Morgan fingerprint density at radius 2 is 2.10 bits per heavy atom. The highest BCUT2D eigenvalue weighted by Gasteiger charge is 2.35. The predicted octanol–water partition coefficient (Wildman–Crippen LogP) is 2.31. The molecule has 1 amide bonds. The molecule has 1 aromatic carbocycles. The number of halogens is 1. The van der Waals surface area contributed by atoms with Gasteiger partial charge in [-0.05, 0) is 32.3 Å². The first-order valence-corrected chi connectivity index (χ1v) is 7.31. The molecular weight excluding hydrogens is 288 g/mol. The fourth-order valence-corrected chi connectivity index (χ4v) is 2.63. The van der Waals surface area contributed by atoms with Gasteiger partial charge in [0.1, 0.15) is 5.54 Å². The van der Waals surface area contributed by atoms with Gasteiger partial charge in [0.2, 0.25) is 5.91 Å². The van der Waals surface area contributed by atoms with Crippen molar-refractivity contribution in [3.8, 4) is 0 Å². The van der Waals surface area contributed by atoms with Crippen molar-refractivity contribution in [2.45, 2.75) is 38.3 Å². The van der Waals surface area contributed by atoms with Gasteiger partial charge in [0.25, 0.3) is 0 Å². The Morgan fingerprint density at radius 3 is 2.62 bits per heavy atom. The lowest BCUT2D eigenvalue weighted by atomic mass is 9.91. The number of nitrogens with zero attached hydrogens (tertiary/aromatic N) is 1. The number of carbonyl (C=O) groups excluding carboxylic acids is 1. The molecule has 118 valence electrons. The van der Waals surface area contributed by atoms with Crippen LogP contribution < -0.4 is 5.73 Å². The maximum absolute atomic E-state index is 12.7. The molecule has 4 nitrogen and oxygen atoms in total. The second-order valence-electron chi connectivity index (χ2n) is 5.55. The zero-order valence-corrected chi connectivity index (χ0v) is 13.6. The highest BCUT2D eigenvalue weighted by molar-refractivity contribution is 5.87. The van der Waals surface area contributed by atoms with Crippen molar-refractivity contribution in [2.24, 2.45) is 5.73 Å². The molecule has 0 aliphatic carbocycles. The summed E-state index contributed by atoms with van der Waals surface area (Å²) in [4.78, 5) is 14.5. The first kappa shape index (κ1) is 18.0. The quantitative estimate of drug-likeness (QED) is 0.907. The summed E-state index contributed by atoms with van der Waals surface area (Å²) in [7, 11) is 0. The van der Waals surface area contributed by atoms with E-state index in [4.69, 9.17) is 10.5 Å². The summed E-state index contributed by atoms with van der Waals surface area (Å²) in [5.74, 6) is -0.0401. The van der Waals surface area contributed by atoms with Gasteiger partial charge in [-0.25, -0.2) is 0 Å². The number of amides is 1. The summed E-state index contributed by atoms with van der Waals surface area (Å²) < 4.78 is 5.62. The van der Waals surface area contributed by atoms with E-state index in [0.29, 0.717) is 13.1 Å². The lowest BCUT2D eigenvalue weighted by Crippen LogP contribution is -2.52. The van der Waals surface area contributed by atoms with Crippen LogP contribution in [0.3, 0.4) is 0 Å². The van der Waals surface area contributed by atoms with Crippen molar-refractivity contribution in [3.63, 3.8) is 0 Å². The van der Waals surface area contributed by atoms with Crippen LogP contribution >= 0.6 is 12.4 Å². The maximum atomic E-state index is 12.7. The topological polar surface area (TPSA) is 55.6 Å².